The molecule has 0 aliphatic carbocycles. The van der Waals surface area contributed by atoms with E-state index < -0.39 is 0 Å². The van der Waals surface area contributed by atoms with Crippen molar-refractivity contribution in [1.82, 2.24) is 10.3 Å². The van der Waals surface area contributed by atoms with E-state index in [4.69, 9.17) is 4.74 Å². The van der Waals surface area contributed by atoms with Crippen LogP contribution in [-0.4, -0.2) is 18.1 Å². The van der Waals surface area contributed by atoms with E-state index in [0.717, 1.165) is 49.5 Å². The van der Waals surface area contributed by atoms with Gasteiger partial charge in [-0.3, -0.25) is 4.98 Å². The molecule has 0 saturated heterocycles. The van der Waals surface area contributed by atoms with E-state index >= 15 is 0 Å². The molecule has 19 heavy (non-hydrogen) atoms. The van der Waals surface area contributed by atoms with Crippen molar-refractivity contribution in [2.24, 2.45) is 0 Å². The van der Waals surface area contributed by atoms with Crippen LogP contribution in [0.3, 0.4) is 0 Å². The van der Waals surface area contributed by atoms with Crippen LogP contribution in [-0.2, 0) is 6.54 Å². The number of nitrogens with one attached hydrogen (secondary N) is 1. The predicted octanol–water partition coefficient (Wildman–Crippen LogP) is 3.85. The van der Waals surface area contributed by atoms with Crippen molar-refractivity contribution in [2.45, 2.75) is 59.4 Å². The Morgan fingerprint density at radius 1 is 1.16 bits per heavy atom. The molecular weight excluding hydrogens is 236 g/mol. The first-order valence-corrected chi connectivity index (χ1v) is 7.57. The Kier molecular flexibility index (Phi) is 8.23. The first-order valence-electron chi connectivity index (χ1n) is 7.57. The molecule has 1 N–H and O–H groups in total. The zero-order chi connectivity index (χ0) is 13.9. The second-order valence-corrected chi connectivity index (χ2v) is 5.02. The lowest BCUT2D eigenvalue weighted by Crippen LogP contribution is -2.15. The molecule has 0 atom stereocenters. The maximum absolute atomic E-state index is 5.92. The number of ether oxygens (including phenoxy) is 1. The summed E-state index contributed by atoms with van der Waals surface area (Å²) in [5.74, 6) is 0.993. The van der Waals surface area contributed by atoms with Gasteiger partial charge in [-0.25, -0.2) is 0 Å². The molecule has 1 aromatic heterocycles. The topological polar surface area (TPSA) is 34.1 Å². The Bertz CT molecular complexity index is 353. The Balaban J connectivity index is 2.46. The van der Waals surface area contributed by atoms with E-state index in [1.165, 1.54) is 19.3 Å². The first kappa shape index (κ1) is 16.0. The maximum Gasteiger partial charge on any atom is 0.127 e. The van der Waals surface area contributed by atoms with Crippen molar-refractivity contribution in [3.63, 3.8) is 0 Å². The minimum atomic E-state index is 0.810. The normalized spacial score (nSPS) is 10.7. The molecule has 0 aliphatic heterocycles. The summed E-state index contributed by atoms with van der Waals surface area (Å²) < 4.78 is 5.92. The largest absolute Gasteiger partial charge is 0.493 e. The summed E-state index contributed by atoms with van der Waals surface area (Å²) in [7, 11) is 0. The van der Waals surface area contributed by atoms with Crippen molar-refractivity contribution in [3.05, 3.63) is 23.5 Å². The van der Waals surface area contributed by atoms with Gasteiger partial charge in [-0.15, -0.1) is 0 Å². The molecule has 0 fully saturated rings. The van der Waals surface area contributed by atoms with Crippen LogP contribution in [0.2, 0.25) is 0 Å². The molecule has 0 aliphatic rings. The Labute approximate surface area is 117 Å². The van der Waals surface area contributed by atoms with Crippen LogP contribution in [0.1, 0.15) is 57.2 Å². The first-order chi connectivity index (χ1) is 9.27. The summed E-state index contributed by atoms with van der Waals surface area (Å²) in [6.07, 6.45) is 8.02. The van der Waals surface area contributed by atoms with Gasteiger partial charge in [-0.1, -0.05) is 33.1 Å². The Hall–Kier alpha value is -1.09. The van der Waals surface area contributed by atoms with Crippen molar-refractivity contribution in [2.75, 3.05) is 13.2 Å². The minimum Gasteiger partial charge on any atom is -0.493 e. The van der Waals surface area contributed by atoms with E-state index in [0.29, 0.717) is 0 Å². The Morgan fingerprint density at radius 2 is 2.00 bits per heavy atom. The summed E-state index contributed by atoms with van der Waals surface area (Å²) in [5.41, 5.74) is 2.18. The summed E-state index contributed by atoms with van der Waals surface area (Å²) in [6.45, 7) is 9.09. The number of pyridine rings is 1. The summed E-state index contributed by atoms with van der Waals surface area (Å²) in [5, 5.41) is 3.40. The summed E-state index contributed by atoms with van der Waals surface area (Å²) in [6, 6.07) is 2.04. The van der Waals surface area contributed by atoms with E-state index in [2.05, 4.69) is 24.1 Å². The van der Waals surface area contributed by atoms with Crippen LogP contribution in [0.25, 0.3) is 0 Å². The molecule has 0 aromatic carbocycles. The second-order valence-electron chi connectivity index (χ2n) is 5.02. The fourth-order valence-electron chi connectivity index (χ4n) is 1.94. The number of hydrogen-bond acceptors (Lipinski definition) is 3. The molecule has 0 amide bonds. The summed E-state index contributed by atoms with van der Waals surface area (Å²) >= 11 is 0. The molecule has 3 nitrogen and oxygen atoms in total. The minimum absolute atomic E-state index is 0.810. The fraction of sp³-hybridized carbons (Fsp3) is 0.688. The van der Waals surface area contributed by atoms with Crippen LogP contribution in [0, 0.1) is 6.92 Å². The molecule has 0 radical (unpaired) electrons. The van der Waals surface area contributed by atoms with Gasteiger partial charge >= 0.3 is 0 Å². The maximum atomic E-state index is 5.92. The molecule has 3 heteroatoms. The standard InChI is InChI=1S/C16H28N2O/c1-4-6-7-8-10-19-16-11-14(3)18-13-15(16)12-17-9-5-2/h11,13,17H,4-10,12H2,1-3H3. The van der Waals surface area contributed by atoms with Crippen molar-refractivity contribution >= 4 is 0 Å². The van der Waals surface area contributed by atoms with Crippen LogP contribution >= 0.6 is 0 Å². The molecule has 0 saturated carbocycles. The van der Waals surface area contributed by atoms with Gasteiger partial charge in [0.2, 0.25) is 0 Å². The molecule has 1 heterocycles. The molecular formula is C16H28N2O. The number of rotatable bonds is 10. The number of unbranched alkanes of at least 4 members (excludes halogenated alkanes) is 3. The Morgan fingerprint density at radius 3 is 2.74 bits per heavy atom. The highest BCUT2D eigenvalue weighted by molar-refractivity contribution is 5.32. The quantitative estimate of drug-likeness (QED) is 0.652. The van der Waals surface area contributed by atoms with Gasteiger partial charge in [0.25, 0.3) is 0 Å². The predicted molar refractivity (Wildman–Crippen MR) is 80.6 cm³/mol. The van der Waals surface area contributed by atoms with Gasteiger partial charge in [0, 0.05) is 30.1 Å². The third kappa shape index (κ3) is 6.58. The van der Waals surface area contributed by atoms with E-state index in [1.807, 2.05) is 19.2 Å². The lowest BCUT2D eigenvalue weighted by atomic mass is 10.2. The molecule has 0 bridgehead atoms. The smallest absolute Gasteiger partial charge is 0.127 e. The third-order valence-electron chi connectivity index (χ3n) is 3.08. The lowest BCUT2D eigenvalue weighted by molar-refractivity contribution is 0.300. The highest BCUT2D eigenvalue weighted by Gasteiger charge is 2.04. The van der Waals surface area contributed by atoms with Crippen LogP contribution in [0.5, 0.6) is 5.75 Å². The number of aromatic nitrogens is 1. The van der Waals surface area contributed by atoms with Crippen molar-refractivity contribution in [1.29, 1.82) is 0 Å². The van der Waals surface area contributed by atoms with Gasteiger partial charge in [0.05, 0.1) is 6.61 Å². The molecule has 0 spiro atoms. The molecule has 1 aromatic rings. The molecule has 108 valence electrons. The van der Waals surface area contributed by atoms with Gasteiger partial charge in [-0.2, -0.15) is 0 Å². The lowest BCUT2D eigenvalue weighted by Gasteiger charge is -2.12. The fourth-order valence-corrected chi connectivity index (χ4v) is 1.94. The van der Waals surface area contributed by atoms with Gasteiger partial charge in [0.15, 0.2) is 0 Å². The van der Waals surface area contributed by atoms with E-state index in [9.17, 15) is 0 Å². The van der Waals surface area contributed by atoms with Crippen LogP contribution in [0.15, 0.2) is 12.3 Å². The summed E-state index contributed by atoms with van der Waals surface area (Å²) in [4.78, 5) is 4.36. The third-order valence-corrected chi connectivity index (χ3v) is 3.08. The highest BCUT2D eigenvalue weighted by atomic mass is 16.5. The number of aryl methyl sites for hydroxylation is 1. The van der Waals surface area contributed by atoms with E-state index in [-0.39, 0.29) is 0 Å². The monoisotopic (exact) mass is 264 g/mol. The molecule has 1 rings (SSSR count). The average molecular weight is 264 g/mol. The number of hydrogen-bond donors (Lipinski definition) is 1. The average Bonchev–Trinajstić information content (AvgIpc) is 2.41. The number of nitrogens with zero attached hydrogens (tertiary/aromatic N) is 1. The second kappa shape index (κ2) is 9.79. The van der Waals surface area contributed by atoms with Gasteiger partial charge < -0.3 is 10.1 Å². The van der Waals surface area contributed by atoms with Gasteiger partial charge in [-0.05, 0) is 26.3 Å². The van der Waals surface area contributed by atoms with Crippen molar-refractivity contribution in [3.8, 4) is 5.75 Å². The SMILES string of the molecule is CCCCCCOc1cc(C)ncc1CNCCC. The van der Waals surface area contributed by atoms with Crippen LogP contribution in [0.4, 0.5) is 0 Å². The molecule has 0 unspecified atom stereocenters. The van der Waals surface area contributed by atoms with Crippen molar-refractivity contribution < 1.29 is 4.74 Å². The van der Waals surface area contributed by atoms with Crippen LogP contribution < -0.4 is 10.1 Å². The van der Waals surface area contributed by atoms with Gasteiger partial charge in [0.1, 0.15) is 5.75 Å². The van der Waals surface area contributed by atoms with E-state index in [1.54, 1.807) is 0 Å². The highest BCUT2D eigenvalue weighted by Crippen LogP contribution is 2.19. The zero-order valence-electron chi connectivity index (χ0n) is 12.7. The zero-order valence-corrected chi connectivity index (χ0v) is 12.7.